The van der Waals surface area contributed by atoms with E-state index in [1.807, 2.05) is 66.2 Å². The third kappa shape index (κ3) is 5.33. The summed E-state index contributed by atoms with van der Waals surface area (Å²) < 4.78 is 7.62. The Bertz CT molecular complexity index is 1130. The molecule has 4 rings (SSSR count). The predicted molar refractivity (Wildman–Crippen MR) is 135 cm³/mol. The van der Waals surface area contributed by atoms with Crippen LogP contribution in [0.1, 0.15) is 53.0 Å². The number of amides is 2. The summed E-state index contributed by atoms with van der Waals surface area (Å²) in [6, 6.07) is 16.2. The van der Waals surface area contributed by atoms with Gasteiger partial charge >= 0.3 is 0 Å². The Hall–Kier alpha value is -3.12. The maximum absolute atomic E-state index is 13.1. The van der Waals surface area contributed by atoms with Crippen molar-refractivity contribution in [2.45, 2.75) is 39.7 Å². The van der Waals surface area contributed by atoms with Crippen LogP contribution in [0.5, 0.6) is 0 Å². The molecule has 0 bridgehead atoms. The van der Waals surface area contributed by atoms with Gasteiger partial charge in [-0.25, -0.2) is 0 Å². The number of benzene rings is 2. The molecule has 1 aromatic heterocycles. The van der Waals surface area contributed by atoms with Crippen LogP contribution in [0.4, 0.5) is 0 Å². The Labute approximate surface area is 202 Å². The molecule has 0 unspecified atom stereocenters. The molecule has 1 aliphatic heterocycles. The molecule has 1 fully saturated rings. The third-order valence-corrected chi connectivity index (χ3v) is 6.66. The molecule has 0 atom stereocenters. The molecule has 6 nitrogen and oxygen atoms in total. The number of aryl methyl sites for hydroxylation is 2. The smallest absolute Gasteiger partial charge is 0.256 e. The van der Waals surface area contributed by atoms with Gasteiger partial charge in [-0.3, -0.25) is 9.59 Å². The number of ether oxygens (including phenoxy) is 1. The molecule has 2 aromatic carbocycles. The molecule has 6 heteroatoms. The van der Waals surface area contributed by atoms with Crippen LogP contribution in [-0.2, 0) is 17.7 Å². The number of fused-ring (bicyclic) bond motifs is 1. The first-order chi connectivity index (χ1) is 16.6. The summed E-state index contributed by atoms with van der Waals surface area (Å²) in [6.45, 7) is 8.82. The van der Waals surface area contributed by atoms with Gasteiger partial charge in [-0.1, -0.05) is 30.3 Å². The number of hydrogen-bond acceptors (Lipinski definition) is 3. The van der Waals surface area contributed by atoms with Gasteiger partial charge in [0.1, 0.15) is 0 Å². The topological polar surface area (TPSA) is 54.8 Å². The minimum absolute atomic E-state index is 0.0907. The summed E-state index contributed by atoms with van der Waals surface area (Å²) in [5.74, 6) is 0.191. The largest absolute Gasteiger partial charge is 0.378 e. The van der Waals surface area contributed by atoms with Gasteiger partial charge in [0.15, 0.2) is 0 Å². The van der Waals surface area contributed by atoms with Crippen molar-refractivity contribution < 1.29 is 14.3 Å². The summed E-state index contributed by atoms with van der Waals surface area (Å²) in [7, 11) is 0. The normalized spacial score (nSPS) is 13.9. The van der Waals surface area contributed by atoms with Crippen molar-refractivity contribution in [3.8, 4) is 0 Å². The fourth-order valence-corrected chi connectivity index (χ4v) is 4.70. The lowest BCUT2D eigenvalue weighted by molar-refractivity contribution is 0.0304. The Kier molecular flexibility index (Phi) is 8.01. The second kappa shape index (κ2) is 11.3. The van der Waals surface area contributed by atoms with E-state index in [0.717, 1.165) is 60.9 Å². The van der Waals surface area contributed by atoms with Crippen LogP contribution in [0.3, 0.4) is 0 Å². The number of para-hydroxylation sites is 1. The first kappa shape index (κ1) is 24.0. The van der Waals surface area contributed by atoms with E-state index in [-0.39, 0.29) is 11.8 Å². The zero-order chi connectivity index (χ0) is 23.9. The molecule has 180 valence electrons. The van der Waals surface area contributed by atoms with E-state index >= 15 is 0 Å². The third-order valence-electron chi connectivity index (χ3n) is 6.66. The van der Waals surface area contributed by atoms with E-state index in [0.29, 0.717) is 26.3 Å². The van der Waals surface area contributed by atoms with Crippen LogP contribution in [0.2, 0.25) is 0 Å². The standard InChI is InChI=1S/C28H35N3O3/c1-3-29(4-2)27(32)23-12-9-11-22(20-23)10-7-8-15-31-21-25(24-13-5-6-14-26(24)31)28(33)30-16-18-34-19-17-30/h5-6,9,11-14,20-21H,3-4,7-8,10,15-19H2,1-2H3. The summed E-state index contributed by atoms with van der Waals surface area (Å²) in [5.41, 5.74) is 3.84. The van der Waals surface area contributed by atoms with Crippen molar-refractivity contribution >= 4 is 22.7 Å². The monoisotopic (exact) mass is 461 g/mol. The molecule has 0 aliphatic carbocycles. The SMILES string of the molecule is CCN(CC)C(=O)c1cccc(CCCCn2cc(C(=O)N3CCOCC3)c3ccccc32)c1. The second-order valence-corrected chi connectivity index (χ2v) is 8.79. The van der Waals surface area contributed by atoms with Crippen molar-refractivity contribution in [3.63, 3.8) is 0 Å². The van der Waals surface area contributed by atoms with Crippen LogP contribution in [-0.4, -0.2) is 65.6 Å². The van der Waals surface area contributed by atoms with E-state index in [1.54, 1.807) is 0 Å². The molecule has 0 spiro atoms. The maximum Gasteiger partial charge on any atom is 0.256 e. The first-order valence-electron chi connectivity index (χ1n) is 12.5. The van der Waals surface area contributed by atoms with Crippen LogP contribution < -0.4 is 0 Å². The number of carbonyl (C=O) groups excluding carboxylic acids is 2. The Morgan fingerprint density at radius 1 is 0.971 bits per heavy atom. The lowest BCUT2D eigenvalue weighted by Crippen LogP contribution is -2.40. The second-order valence-electron chi connectivity index (χ2n) is 8.79. The van der Waals surface area contributed by atoms with Gasteiger partial charge in [0.05, 0.1) is 18.8 Å². The zero-order valence-electron chi connectivity index (χ0n) is 20.3. The Morgan fingerprint density at radius 3 is 2.50 bits per heavy atom. The van der Waals surface area contributed by atoms with Crippen molar-refractivity contribution in [1.82, 2.24) is 14.4 Å². The molecule has 0 radical (unpaired) electrons. The fraction of sp³-hybridized carbons (Fsp3) is 0.429. The van der Waals surface area contributed by atoms with Crippen molar-refractivity contribution in [2.24, 2.45) is 0 Å². The molecule has 1 saturated heterocycles. The van der Waals surface area contributed by atoms with Gasteiger partial charge in [0.25, 0.3) is 11.8 Å². The van der Waals surface area contributed by atoms with Crippen LogP contribution in [0, 0.1) is 0 Å². The van der Waals surface area contributed by atoms with E-state index in [1.165, 1.54) is 5.56 Å². The zero-order valence-corrected chi connectivity index (χ0v) is 20.3. The van der Waals surface area contributed by atoms with Gasteiger partial charge in [-0.05, 0) is 56.9 Å². The number of unbranched alkanes of at least 4 members (excludes halogenated alkanes) is 1. The van der Waals surface area contributed by atoms with E-state index in [2.05, 4.69) is 16.7 Å². The van der Waals surface area contributed by atoms with Gasteiger partial charge in [-0.2, -0.15) is 0 Å². The Morgan fingerprint density at radius 2 is 1.74 bits per heavy atom. The number of morpholine rings is 1. The summed E-state index contributed by atoms with van der Waals surface area (Å²) >= 11 is 0. The molecular formula is C28H35N3O3. The van der Waals surface area contributed by atoms with Gasteiger partial charge in [-0.15, -0.1) is 0 Å². The highest BCUT2D eigenvalue weighted by atomic mass is 16.5. The van der Waals surface area contributed by atoms with E-state index in [9.17, 15) is 9.59 Å². The predicted octanol–water partition coefficient (Wildman–Crippen LogP) is 4.62. The number of nitrogens with zero attached hydrogens (tertiary/aromatic N) is 3. The van der Waals surface area contributed by atoms with Crippen LogP contribution in [0.25, 0.3) is 10.9 Å². The molecule has 2 heterocycles. The highest BCUT2D eigenvalue weighted by Gasteiger charge is 2.22. The quantitative estimate of drug-likeness (QED) is 0.437. The van der Waals surface area contributed by atoms with E-state index < -0.39 is 0 Å². The van der Waals surface area contributed by atoms with Crippen LogP contribution >= 0.6 is 0 Å². The maximum atomic E-state index is 13.1. The average Bonchev–Trinajstić information content (AvgIpc) is 3.26. The minimum Gasteiger partial charge on any atom is -0.378 e. The molecule has 3 aromatic rings. The van der Waals surface area contributed by atoms with Crippen LogP contribution in [0.15, 0.2) is 54.7 Å². The fourth-order valence-electron chi connectivity index (χ4n) is 4.70. The highest BCUT2D eigenvalue weighted by Crippen LogP contribution is 2.24. The number of carbonyl (C=O) groups is 2. The lowest BCUT2D eigenvalue weighted by Gasteiger charge is -2.26. The summed E-state index contributed by atoms with van der Waals surface area (Å²) in [4.78, 5) is 29.5. The van der Waals surface area contributed by atoms with Gasteiger partial charge in [0.2, 0.25) is 0 Å². The average molecular weight is 462 g/mol. The molecule has 1 aliphatic rings. The number of rotatable bonds is 9. The van der Waals surface area contributed by atoms with E-state index in [4.69, 9.17) is 4.74 Å². The van der Waals surface area contributed by atoms with Crippen molar-refractivity contribution in [1.29, 1.82) is 0 Å². The molecule has 0 saturated carbocycles. The molecular weight excluding hydrogens is 426 g/mol. The lowest BCUT2D eigenvalue weighted by atomic mass is 10.0. The summed E-state index contributed by atoms with van der Waals surface area (Å²) in [5, 5.41) is 1.02. The molecule has 34 heavy (non-hydrogen) atoms. The van der Waals surface area contributed by atoms with Gasteiger partial charge in [0, 0.05) is 55.4 Å². The molecule has 0 N–H and O–H groups in total. The molecule has 2 amide bonds. The highest BCUT2D eigenvalue weighted by molar-refractivity contribution is 6.07. The number of hydrogen-bond donors (Lipinski definition) is 0. The van der Waals surface area contributed by atoms with Crippen molar-refractivity contribution in [3.05, 3.63) is 71.4 Å². The van der Waals surface area contributed by atoms with Crippen molar-refractivity contribution in [2.75, 3.05) is 39.4 Å². The Balaban J connectivity index is 1.40. The number of aromatic nitrogens is 1. The van der Waals surface area contributed by atoms with Gasteiger partial charge < -0.3 is 19.1 Å². The minimum atomic E-state index is 0.0907. The summed E-state index contributed by atoms with van der Waals surface area (Å²) in [6.07, 6.45) is 4.96. The first-order valence-corrected chi connectivity index (χ1v) is 12.5.